The highest BCUT2D eigenvalue weighted by Crippen LogP contribution is 2.31. The largest absolute Gasteiger partial charge is 0.493 e. The van der Waals surface area contributed by atoms with Gasteiger partial charge in [0, 0.05) is 32.6 Å². The second kappa shape index (κ2) is 8.88. The number of nitrogens with zero attached hydrogens (tertiary/aromatic N) is 5. The Bertz CT molecular complexity index is 1160. The number of carbonyl (C=O) groups is 1. The fraction of sp³-hybridized carbons (Fsp3) is 0.304. The first kappa shape index (κ1) is 20.4. The number of carbonyl (C=O) groups excluding carboxylic acids is 1. The maximum atomic E-state index is 12.9. The third-order valence-corrected chi connectivity index (χ3v) is 5.20. The molecule has 0 atom stereocenters. The van der Waals surface area contributed by atoms with Crippen LogP contribution in [0.3, 0.4) is 0 Å². The molecule has 31 heavy (non-hydrogen) atoms. The van der Waals surface area contributed by atoms with Gasteiger partial charge in [0.25, 0.3) is 0 Å². The minimum atomic E-state index is -0.00526. The molecule has 0 unspecified atom stereocenters. The van der Waals surface area contributed by atoms with Crippen molar-refractivity contribution >= 4 is 28.6 Å². The SMILES string of the molecule is COc1cc(C#N)ccc1OCCCC(=O)N1CCN(C)c2nc3ccccc3nc21. The van der Waals surface area contributed by atoms with Crippen molar-refractivity contribution in [2.75, 3.05) is 43.7 Å². The van der Waals surface area contributed by atoms with Gasteiger partial charge in [-0.05, 0) is 30.7 Å². The average molecular weight is 417 g/mol. The second-order valence-corrected chi connectivity index (χ2v) is 7.26. The van der Waals surface area contributed by atoms with E-state index in [-0.39, 0.29) is 5.91 Å². The fourth-order valence-corrected chi connectivity index (χ4v) is 3.52. The van der Waals surface area contributed by atoms with Crippen molar-refractivity contribution in [3.8, 4) is 17.6 Å². The Morgan fingerprint density at radius 1 is 1.10 bits per heavy atom. The van der Waals surface area contributed by atoms with E-state index in [0.29, 0.717) is 55.4 Å². The van der Waals surface area contributed by atoms with Crippen LogP contribution >= 0.6 is 0 Å². The second-order valence-electron chi connectivity index (χ2n) is 7.26. The maximum Gasteiger partial charge on any atom is 0.228 e. The van der Waals surface area contributed by atoms with Gasteiger partial charge in [0.05, 0.1) is 36.4 Å². The Kier molecular flexibility index (Phi) is 5.85. The van der Waals surface area contributed by atoms with Crippen molar-refractivity contribution in [1.29, 1.82) is 5.26 Å². The topological polar surface area (TPSA) is 91.6 Å². The van der Waals surface area contributed by atoms with Crippen LogP contribution in [0.1, 0.15) is 18.4 Å². The van der Waals surface area contributed by atoms with Gasteiger partial charge in [0.15, 0.2) is 23.1 Å². The van der Waals surface area contributed by atoms with E-state index in [4.69, 9.17) is 24.7 Å². The van der Waals surface area contributed by atoms with Gasteiger partial charge in [-0.1, -0.05) is 12.1 Å². The number of anilines is 2. The highest BCUT2D eigenvalue weighted by atomic mass is 16.5. The first-order valence-electron chi connectivity index (χ1n) is 10.1. The minimum Gasteiger partial charge on any atom is -0.493 e. The number of benzene rings is 2. The summed E-state index contributed by atoms with van der Waals surface area (Å²) in [6.07, 6.45) is 0.876. The molecular weight excluding hydrogens is 394 g/mol. The van der Waals surface area contributed by atoms with E-state index >= 15 is 0 Å². The molecule has 0 N–H and O–H groups in total. The highest BCUT2D eigenvalue weighted by molar-refractivity contribution is 5.97. The van der Waals surface area contributed by atoms with Gasteiger partial charge in [-0.3, -0.25) is 9.69 Å². The van der Waals surface area contributed by atoms with Crippen LogP contribution in [-0.4, -0.2) is 49.7 Å². The number of likely N-dealkylation sites (N-methyl/N-ethyl adjacent to an activating group) is 1. The van der Waals surface area contributed by atoms with E-state index in [1.165, 1.54) is 7.11 Å². The van der Waals surface area contributed by atoms with E-state index in [1.807, 2.05) is 36.2 Å². The van der Waals surface area contributed by atoms with Crippen molar-refractivity contribution < 1.29 is 14.3 Å². The molecule has 1 aliphatic rings. The number of aromatic nitrogens is 2. The van der Waals surface area contributed by atoms with E-state index in [1.54, 1.807) is 23.1 Å². The molecule has 8 nitrogen and oxygen atoms in total. The van der Waals surface area contributed by atoms with E-state index < -0.39 is 0 Å². The van der Waals surface area contributed by atoms with Crippen LogP contribution in [0.25, 0.3) is 11.0 Å². The quantitative estimate of drug-likeness (QED) is 0.569. The van der Waals surface area contributed by atoms with Crippen LogP contribution in [0.2, 0.25) is 0 Å². The third kappa shape index (κ3) is 4.21. The molecule has 1 amide bonds. The molecular formula is C23H23N5O3. The summed E-state index contributed by atoms with van der Waals surface area (Å²) in [7, 11) is 3.49. The zero-order valence-corrected chi connectivity index (χ0v) is 17.5. The summed E-state index contributed by atoms with van der Waals surface area (Å²) in [6.45, 7) is 1.63. The number of fused-ring (bicyclic) bond motifs is 2. The van der Waals surface area contributed by atoms with E-state index in [9.17, 15) is 4.79 Å². The van der Waals surface area contributed by atoms with E-state index in [0.717, 1.165) is 16.9 Å². The Hall–Kier alpha value is -3.86. The number of amides is 1. The van der Waals surface area contributed by atoms with Crippen LogP contribution < -0.4 is 19.3 Å². The Morgan fingerprint density at radius 2 is 1.84 bits per heavy atom. The number of nitriles is 1. The summed E-state index contributed by atoms with van der Waals surface area (Å²) in [5.74, 6) is 2.37. The molecule has 3 aromatic rings. The van der Waals surface area contributed by atoms with Gasteiger partial charge in [-0.25, -0.2) is 9.97 Å². The summed E-state index contributed by atoms with van der Waals surface area (Å²) < 4.78 is 11.0. The molecule has 2 heterocycles. The third-order valence-electron chi connectivity index (χ3n) is 5.20. The Balaban J connectivity index is 1.42. The summed E-state index contributed by atoms with van der Waals surface area (Å²) in [5.41, 5.74) is 2.08. The van der Waals surface area contributed by atoms with Crippen LogP contribution in [0.4, 0.5) is 11.6 Å². The number of hydrogen-bond donors (Lipinski definition) is 0. The molecule has 0 fully saturated rings. The lowest BCUT2D eigenvalue weighted by atomic mass is 10.2. The molecule has 2 aromatic carbocycles. The maximum absolute atomic E-state index is 12.9. The summed E-state index contributed by atoms with van der Waals surface area (Å²) >= 11 is 0. The number of hydrogen-bond acceptors (Lipinski definition) is 7. The van der Waals surface area contributed by atoms with Crippen LogP contribution in [0.5, 0.6) is 11.5 Å². The standard InChI is InChI=1S/C23H23N5O3/c1-27-11-12-28(23-22(27)25-17-6-3-4-7-18(17)26-23)21(29)8-5-13-31-19-10-9-16(15-24)14-20(19)30-2/h3-4,6-7,9-10,14H,5,8,11-13H2,1-2H3. The minimum absolute atomic E-state index is 0.00526. The van der Waals surface area contributed by atoms with Gasteiger partial charge < -0.3 is 14.4 Å². The lowest BCUT2D eigenvalue weighted by Crippen LogP contribution is -2.43. The molecule has 4 rings (SSSR count). The monoisotopic (exact) mass is 417 g/mol. The summed E-state index contributed by atoms with van der Waals surface area (Å²) in [4.78, 5) is 26.1. The number of methoxy groups -OCH3 is 1. The predicted molar refractivity (Wildman–Crippen MR) is 118 cm³/mol. The van der Waals surface area contributed by atoms with Crippen molar-refractivity contribution in [3.05, 3.63) is 48.0 Å². The van der Waals surface area contributed by atoms with Crippen molar-refractivity contribution in [2.24, 2.45) is 0 Å². The summed E-state index contributed by atoms with van der Waals surface area (Å²) in [5, 5.41) is 8.99. The first-order chi connectivity index (χ1) is 15.1. The van der Waals surface area contributed by atoms with Crippen LogP contribution in [0, 0.1) is 11.3 Å². The van der Waals surface area contributed by atoms with E-state index in [2.05, 4.69) is 6.07 Å². The molecule has 0 aliphatic carbocycles. The zero-order valence-electron chi connectivity index (χ0n) is 17.5. The van der Waals surface area contributed by atoms with Gasteiger partial charge in [-0.15, -0.1) is 0 Å². The van der Waals surface area contributed by atoms with Crippen molar-refractivity contribution in [3.63, 3.8) is 0 Å². The van der Waals surface area contributed by atoms with Gasteiger partial charge in [0.1, 0.15) is 0 Å². The van der Waals surface area contributed by atoms with Gasteiger partial charge in [0.2, 0.25) is 5.91 Å². The number of rotatable bonds is 6. The lowest BCUT2D eigenvalue weighted by Gasteiger charge is -2.33. The van der Waals surface area contributed by atoms with Gasteiger partial charge in [-0.2, -0.15) is 5.26 Å². The number of ether oxygens (including phenoxy) is 2. The zero-order chi connectivity index (χ0) is 21.8. The van der Waals surface area contributed by atoms with Gasteiger partial charge >= 0.3 is 0 Å². The molecule has 0 spiro atoms. The molecule has 8 heteroatoms. The number of para-hydroxylation sites is 2. The Morgan fingerprint density at radius 3 is 2.55 bits per heavy atom. The first-order valence-corrected chi connectivity index (χ1v) is 10.1. The fourth-order valence-electron chi connectivity index (χ4n) is 3.52. The Labute approximate surface area is 180 Å². The van der Waals surface area contributed by atoms with Crippen LogP contribution in [0.15, 0.2) is 42.5 Å². The summed E-state index contributed by atoms with van der Waals surface area (Å²) in [6, 6.07) is 14.7. The predicted octanol–water partition coefficient (Wildman–Crippen LogP) is 3.15. The average Bonchev–Trinajstić information content (AvgIpc) is 2.81. The lowest BCUT2D eigenvalue weighted by molar-refractivity contribution is -0.118. The molecule has 1 aromatic heterocycles. The molecule has 0 saturated heterocycles. The molecule has 0 radical (unpaired) electrons. The molecule has 0 saturated carbocycles. The van der Waals surface area contributed by atoms with Crippen LogP contribution in [-0.2, 0) is 4.79 Å². The molecule has 1 aliphatic heterocycles. The van der Waals surface area contributed by atoms with Crippen molar-refractivity contribution in [2.45, 2.75) is 12.8 Å². The molecule has 158 valence electrons. The van der Waals surface area contributed by atoms with Crippen molar-refractivity contribution in [1.82, 2.24) is 9.97 Å². The normalized spacial score (nSPS) is 12.9. The highest BCUT2D eigenvalue weighted by Gasteiger charge is 2.28. The smallest absolute Gasteiger partial charge is 0.228 e. The molecule has 0 bridgehead atoms.